The Morgan fingerprint density at radius 3 is 2.68 bits per heavy atom. The molecule has 0 saturated heterocycles. The molecule has 0 saturated carbocycles. The van der Waals surface area contributed by atoms with E-state index < -0.39 is 5.97 Å². The monoisotopic (exact) mass is 339 g/mol. The van der Waals surface area contributed by atoms with Gasteiger partial charge in [-0.25, -0.2) is 9.48 Å². The van der Waals surface area contributed by atoms with Crippen LogP contribution < -0.4 is 5.56 Å². The maximum atomic E-state index is 12.4. The molecule has 3 rings (SSSR count). The van der Waals surface area contributed by atoms with Gasteiger partial charge in [-0.1, -0.05) is 17.3 Å². The lowest BCUT2D eigenvalue weighted by molar-refractivity contribution is 0.0688. The average molecular weight is 339 g/mol. The van der Waals surface area contributed by atoms with Gasteiger partial charge in [0.05, 0.1) is 17.6 Å². The molecule has 0 unspecified atom stereocenters. The molecule has 0 aliphatic carbocycles. The van der Waals surface area contributed by atoms with Crippen molar-refractivity contribution in [3.8, 4) is 16.9 Å². The first-order valence-electron chi connectivity index (χ1n) is 7.73. The van der Waals surface area contributed by atoms with E-state index in [1.165, 1.54) is 6.07 Å². The number of carboxylic acids is 1. The molecule has 0 radical (unpaired) electrons. The summed E-state index contributed by atoms with van der Waals surface area (Å²) in [5, 5.41) is 21.1. The highest BCUT2D eigenvalue weighted by Crippen LogP contribution is 2.23. The zero-order chi connectivity index (χ0) is 18.1. The summed E-state index contributed by atoms with van der Waals surface area (Å²) in [7, 11) is 0. The van der Waals surface area contributed by atoms with Crippen molar-refractivity contribution in [1.29, 1.82) is 0 Å². The summed E-state index contributed by atoms with van der Waals surface area (Å²) in [6.07, 6.45) is 1.65. The smallest absolute Gasteiger partial charge is 0.356 e. The van der Waals surface area contributed by atoms with Gasteiger partial charge in [-0.2, -0.15) is 9.78 Å². The summed E-state index contributed by atoms with van der Waals surface area (Å²) in [4.78, 5) is 23.6. The van der Waals surface area contributed by atoms with E-state index >= 15 is 0 Å². The Morgan fingerprint density at radius 1 is 1.24 bits per heavy atom. The predicted molar refractivity (Wildman–Crippen MR) is 90.9 cm³/mol. The Balaban J connectivity index is 2.16. The summed E-state index contributed by atoms with van der Waals surface area (Å²) >= 11 is 0. The second-order valence-corrected chi connectivity index (χ2v) is 5.94. The number of aryl methyl sites for hydroxylation is 1. The normalized spacial score (nSPS) is 11.0. The van der Waals surface area contributed by atoms with E-state index in [4.69, 9.17) is 0 Å². The zero-order valence-electron chi connectivity index (χ0n) is 14.0. The summed E-state index contributed by atoms with van der Waals surface area (Å²) in [5.41, 5.74) is 1.85. The van der Waals surface area contributed by atoms with Crippen LogP contribution in [0.2, 0.25) is 0 Å². The molecule has 8 nitrogen and oxygen atoms in total. The number of aromatic carboxylic acids is 1. The Hall–Kier alpha value is -3.29. The van der Waals surface area contributed by atoms with Gasteiger partial charge in [-0.05, 0) is 39.0 Å². The Kier molecular flexibility index (Phi) is 4.18. The number of aromatic nitrogens is 5. The van der Waals surface area contributed by atoms with Crippen molar-refractivity contribution >= 4 is 5.97 Å². The van der Waals surface area contributed by atoms with Crippen LogP contribution in [0.1, 0.15) is 35.9 Å². The van der Waals surface area contributed by atoms with Crippen LogP contribution >= 0.6 is 0 Å². The minimum Gasteiger partial charge on any atom is -0.476 e. The lowest BCUT2D eigenvalue weighted by Crippen LogP contribution is -2.25. The molecule has 8 heteroatoms. The molecule has 1 aromatic carbocycles. The van der Waals surface area contributed by atoms with E-state index in [-0.39, 0.29) is 17.3 Å². The number of hydrogen-bond donors (Lipinski definition) is 1. The summed E-state index contributed by atoms with van der Waals surface area (Å²) in [6, 6.07) is 8.51. The molecule has 2 heterocycles. The standard InChI is InChI=1S/C17H17N5O3/c1-10(2)21-15(9-18-20-21)12-5-4-6-13(8-12)22-16(23)11(3)7-14(19-22)17(24)25/h4-10H,1-3H3,(H,24,25). The minimum absolute atomic E-state index is 0.125. The van der Waals surface area contributed by atoms with Crippen LogP contribution in [0, 0.1) is 6.92 Å². The third-order valence-corrected chi connectivity index (χ3v) is 3.76. The average Bonchev–Trinajstić information content (AvgIpc) is 3.07. The molecular weight excluding hydrogens is 322 g/mol. The van der Waals surface area contributed by atoms with Crippen molar-refractivity contribution in [3.05, 3.63) is 58.1 Å². The Labute approximate surface area is 143 Å². The first-order chi connectivity index (χ1) is 11.9. The van der Waals surface area contributed by atoms with Crippen LogP contribution in [0.4, 0.5) is 0 Å². The number of hydrogen-bond acceptors (Lipinski definition) is 5. The number of benzene rings is 1. The second kappa shape index (κ2) is 6.31. The van der Waals surface area contributed by atoms with Gasteiger partial charge >= 0.3 is 5.97 Å². The van der Waals surface area contributed by atoms with Gasteiger partial charge in [-0.15, -0.1) is 5.10 Å². The molecule has 0 amide bonds. The third kappa shape index (κ3) is 3.06. The fourth-order valence-electron chi connectivity index (χ4n) is 2.52. The third-order valence-electron chi connectivity index (χ3n) is 3.76. The highest BCUT2D eigenvalue weighted by Gasteiger charge is 2.14. The van der Waals surface area contributed by atoms with Gasteiger partial charge in [0, 0.05) is 17.2 Å². The van der Waals surface area contributed by atoms with E-state index in [2.05, 4.69) is 15.4 Å². The fraction of sp³-hybridized carbons (Fsp3) is 0.235. The first-order valence-corrected chi connectivity index (χ1v) is 7.73. The maximum Gasteiger partial charge on any atom is 0.356 e. The second-order valence-electron chi connectivity index (χ2n) is 5.94. The van der Waals surface area contributed by atoms with Gasteiger partial charge in [0.2, 0.25) is 0 Å². The molecule has 0 aliphatic heterocycles. The maximum absolute atomic E-state index is 12.4. The van der Waals surface area contributed by atoms with E-state index in [1.54, 1.807) is 36.0 Å². The lowest BCUT2D eigenvalue weighted by atomic mass is 10.1. The fourth-order valence-corrected chi connectivity index (χ4v) is 2.52. The van der Waals surface area contributed by atoms with Gasteiger partial charge in [-0.3, -0.25) is 4.79 Å². The number of nitrogens with zero attached hydrogens (tertiary/aromatic N) is 5. The van der Waals surface area contributed by atoms with Crippen LogP contribution in [0.15, 0.2) is 41.3 Å². The van der Waals surface area contributed by atoms with Crippen molar-refractivity contribution in [2.75, 3.05) is 0 Å². The number of rotatable bonds is 4. The Morgan fingerprint density at radius 2 is 2.00 bits per heavy atom. The van der Waals surface area contributed by atoms with Crippen LogP contribution in [-0.4, -0.2) is 35.9 Å². The zero-order valence-corrected chi connectivity index (χ0v) is 14.0. The minimum atomic E-state index is -1.19. The highest BCUT2D eigenvalue weighted by atomic mass is 16.4. The molecule has 3 aromatic rings. The van der Waals surface area contributed by atoms with Crippen molar-refractivity contribution in [2.24, 2.45) is 0 Å². The highest BCUT2D eigenvalue weighted by molar-refractivity contribution is 5.85. The van der Waals surface area contributed by atoms with E-state index in [0.29, 0.717) is 11.3 Å². The molecule has 1 N–H and O–H groups in total. The summed E-state index contributed by atoms with van der Waals surface area (Å²) in [5.74, 6) is -1.19. The summed E-state index contributed by atoms with van der Waals surface area (Å²) in [6.45, 7) is 5.55. The number of carbonyl (C=O) groups is 1. The molecule has 0 bridgehead atoms. The summed E-state index contributed by atoms with van der Waals surface area (Å²) < 4.78 is 2.88. The molecule has 0 atom stereocenters. The van der Waals surface area contributed by atoms with Crippen molar-refractivity contribution < 1.29 is 9.90 Å². The molecule has 0 aliphatic rings. The molecule has 2 aromatic heterocycles. The van der Waals surface area contributed by atoms with Crippen molar-refractivity contribution in [1.82, 2.24) is 24.8 Å². The molecule has 0 spiro atoms. The molecule has 25 heavy (non-hydrogen) atoms. The van der Waals surface area contributed by atoms with E-state index in [9.17, 15) is 14.7 Å². The SMILES string of the molecule is Cc1cc(C(=O)O)nn(-c2cccc(-c3cnnn3C(C)C)c2)c1=O. The van der Waals surface area contributed by atoms with Gasteiger partial charge in [0.25, 0.3) is 5.56 Å². The molecule has 0 fully saturated rings. The van der Waals surface area contributed by atoms with Gasteiger partial charge < -0.3 is 5.11 Å². The van der Waals surface area contributed by atoms with Crippen LogP contribution in [-0.2, 0) is 0 Å². The van der Waals surface area contributed by atoms with Crippen molar-refractivity contribution in [2.45, 2.75) is 26.8 Å². The van der Waals surface area contributed by atoms with Gasteiger partial charge in [0.15, 0.2) is 5.69 Å². The Bertz CT molecular complexity index is 1000. The molecular formula is C17H17N5O3. The first kappa shape index (κ1) is 16.6. The van der Waals surface area contributed by atoms with E-state index in [1.807, 2.05) is 19.9 Å². The van der Waals surface area contributed by atoms with Crippen LogP contribution in [0.25, 0.3) is 16.9 Å². The molecule has 128 valence electrons. The van der Waals surface area contributed by atoms with Gasteiger partial charge in [0.1, 0.15) is 0 Å². The quantitative estimate of drug-likeness (QED) is 0.780. The predicted octanol–water partition coefficient (Wildman–Crippen LogP) is 2.08. The number of carboxylic acid groups (broad SMARTS) is 1. The topological polar surface area (TPSA) is 103 Å². The van der Waals surface area contributed by atoms with Crippen LogP contribution in [0.3, 0.4) is 0 Å². The van der Waals surface area contributed by atoms with Crippen molar-refractivity contribution in [3.63, 3.8) is 0 Å². The van der Waals surface area contributed by atoms with Crippen LogP contribution in [0.5, 0.6) is 0 Å². The lowest BCUT2D eigenvalue weighted by Gasteiger charge is -2.11. The van der Waals surface area contributed by atoms with E-state index in [0.717, 1.165) is 15.9 Å². The largest absolute Gasteiger partial charge is 0.476 e.